The Labute approximate surface area is 234 Å². The molecule has 0 spiro atoms. The van der Waals surface area contributed by atoms with E-state index >= 15 is 0 Å². The molecule has 11 heteroatoms. The predicted octanol–water partition coefficient (Wildman–Crippen LogP) is 5.44. The fourth-order valence-electron chi connectivity index (χ4n) is 4.98. The van der Waals surface area contributed by atoms with E-state index in [1.165, 1.54) is 24.1 Å². The Bertz CT molecular complexity index is 1690. The number of hydrogen-bond donors (Lipinski definition) is 2. The van der Waals surface area contributed by atoms with Gasteiger partial charge in [0.25, 0.3) is 11.5 Å². The zero-order chi connectivity index (χ0) is 28.0. The van der Waals surface area contributed by atoms with E-state index in [0.29, 0.717) is 35.6 Å². The van der Waals surface area contributed by atoms with Gasteiger partial charge in [-0.1, -0.05) is 35.7 Å². The number of nitrogens with one attached hydrogen (secondary N) is 2. The molecule has 0 bridgehead atoms. The Hall–Kier alpha value is -3.63. The molecule has 202 valence electrons. The molecular weight excluding hydrogens is 539 g/mol. The highest BCUT2D eigenvalue weighted by atomic mass is 35.5. The first-order valence-corrected chi connectivity index (χ1v) is 14.0. The third-order valence-corrected chi connectivity index (χ3v) is 7.68. The summed E-state index contributed by atoms with van der Waals surface area (Å²) in [6.07, 6.45) is 1.75. The van der Waals surface area contributed by atoms with Crippen LogP contribution in [0, 0.1) is 19.7 Å². The van der Waals surface area contributed by atoms with Gasteiger partial charge >= 0.3 is 0 Å². The van der Waals surface area contributed by atoms with Crippen molar-refractivity contribution in [2.45, 2.75) is 39.9 Å². The molecule has 0 fully saturated rings. The molecule has 1 unspecified atom stereocenters. The number of rotatable bonds is 6. The van der Waals surface area contributed by atoms with E-state index in [9.17, 15) is 14.0 Å². The fraction of sp³-hybridized carbons (Fsp3) is 0.286. The summed E-state index contributed by atoms with van der Waals surface area (Å²) in [5.74, 6) is -0.149. The number of fused-ring (bicyclic) bond motifs is 2. The van der Waals surface area contributed by atoms with Crippen molar-refractivity contribution in [3.63, 3.8) is 0 Å². The van der Waals surface area contributed by atoms with Crippen molar-refractivity contribution >= 4 is 52.0 Å². The minimum Gasteiger partial charge on any atom is -0.377 e. The lowest BCUT2D eigenvalue weighted by Gasteiger charge is -2.23. The highest BCUT2D eigenvalue weighted by molar-refractivity contribution is 7.97. The molecule has 2 N–H and O–H groups in total. The number of aryl methyl sites for hydroxylation is 2. The lowest BCUT2D eigenvalue weighted by molar-refractivity contribution is 0.0980. The van der Waals surface area contributed by atoms with Gasteiger partial charge in [-0.2, -0.15) is 0 Å². The summed E-state index contributed by atoms with van der Waals surface area (Å²) in [5.41, 5.74) is 5.41. The van der Waals surface area contributed by atoms with Gasteiger partial charge in [0.15, 0.2) is 5.69 Å². The molecule has 1 aliphatic rings. The smallest absolute Gasteiger partial charge is 0.281 e. The molecular formula is C28H28ClFN6O2S. The van der Waals surface area contributed by atoms with Gasteiger partial charge in [-0.15, -0.1) is 0 Å². The number of hydrogen-bond acceptors (Lipinski definition) is 7. The summed E-state index contributed by atoms with van der Waals surface area (Å²) in [4.78, 5) is 37.5. The van der Waals surface area contributed by atoms with Gasteiger partial charge in [0.1, 0.15) is 11.0 Å². The van der Waals surface area contributed by atoms with Crippen LogP contribution in [0.5, 0.6) is 0 Å². The van der Waals surface area contributed by atoms with Crippen LogP contribution in [0.2, 0.25) is 5.15 Å². The molecule has 2 aromatic carbocycles. The van der Waals surface area contributed by atoms with Crippen molar-refractivity contribution in [2.75, 3.05) is 16.5 Å². The molecule has 0 saturated carbocycles. The molecule has 0 saturated heterocycles. The number of amides is 1. The van der Waals surface area contributed by atoms with Crippen molar-refractivity contribution < 1.29 is 9.18 Å². The van der Waals surface area contributed by atoms with Crippen LogP contribution in [0.25, 0.3) is 10.9 Å². The molecule has 0 radical (unpaired) electrons. The average molecular weight is 567 g/mol. The number of halogens is 2. The summed E-state index contributed by atoms with van der Waals surface area (Å²) in [5, 5.41) is 4.15. The van der Waals surface area contributed by atoms with E-state index < -0.39 is 0 Å². The Balaban J connectivity index is 1.59. The van der Waals surface area contributed by atoms with Gasteiger partial charge in [-0.3, -0.25) is 18.9 Å². The summed E-state index contributed by atoms with van der Waals surface area (Å²) in [6.45, 7) is 6.68. The second-order valence-corrected chi connectivity index (χ2v) is 10.8. The molecule has 1 atom stereocenters. The van der Waals surface area contributed by atoms with Crippen molar-refractivity contribution in [3.8, 4) is 0 Å². The first-order chi connectivity index (χ1) is 18.6. The van der Waals surface area contributed by atoms with E-state index in [-0.39, 0.29) is 34.2 Å². The van der Waals surface area contributed by atoms with Gasteiger partial charge in [0.05, 0.1) is 22.6 Å². The van der Waals surface area contributed by atoms with Crippen molar-refractivity contribution in [2.24, 2.45) is 7.05 Å². The van der Waals surface area contributed by atoms with Crippen molar-refractivity contribution in [1.82, 2.24) is 19.3 Å². The molecule has 2 aromatic heterocycles. The van der Waals surface area contributed by atoms with Gasteiger partial charge in [-0.25, -0.2) is 14.4 Å². The number of nitrogens with zero attached hydrogens (tertiary/aromatic N) is 4. The van der Waals surface area contributed by atoms with Crippen LogP contribution >= 0.6 is 23.5 Å². The number of benzene rings is 2. The topological polar surface area (TPSA) is 92.2 Å². The number of aromatic nitrogens is 3. The van der Waals surface area contributed by atoms with Crippen LogP contribution < -0.4 is 20.5 Å². The summed E-state index contributed by atoms with van der Waals surface area (Å²) in [6, 6.07) is 10.0. The number of anilines is 2. The fourth-order valence-corrected chi connectivity index (χ4v) is 5.41. The van der Waals surface area contributed by atoms with Crippen LogP contribution in [0.3, 0.4) is 0 Å². The SMILES string of the molecule is CSNC(=O)c1nc(Cl)c(C)cc1NC(C)c1cc(C)cc2c(=O)n(C)c(N3Cc4ccc(F)cc4C3)nc12. The highest BCUT2D eigenvalue weighted by Crippen LogP contribution is 2.32. The van der Waals surface area contributed by atoms with Gasteiger partial charge in [-0.05, 0) is 67.3 Å². The summed E-state index contributed by atoms with van der Waals surface area (Å²) < 4.78 is 18.1. The van der Waals surface area contributed by atoms with E-state index in [2.05, 4.69) is 15.0 Å². The number of carbonyl (C=O) groups excluding carboxylic acids is 1. The highest BCUT2D eigenvalue weighted by Gasteiger charge is 2.25. The number of pyridine rings is 1. The Morgan fingerprint density at radius 2 is 1.87 bits per heavy atom. The maximum Gasteiger partial charge on any atom is 0.281 e. The maximum absolute atomic E-state index is 13.8. The average Bonchev–Trinajstić information content (AvgIpc) is 3.31. The van der Waals surface area contributed by atoms with Crippen molar-refractivity contribution in [3.05, 3.63) is 91.2 Å². The molecule has 1 aliphatic heterocycles. The second-order valence-electron chi connectivity index (χ2n) is 9.79. The third kappa shape index (κ3) is 5.06. The zero-order valence-electron chi connectivity index (χ0n) is 22.2. The van der Waals surface area contributed by atoms with E-state index in [1.54, 1.807) is 30.0 Å². The van der Waals surface area contributed by atoms with Crippen LogP contribution in [-0.4, -0.2) is 26.7 Å². The molecule has 39 heavy (non-hydrogen) atoms. The summed E-state index contributed by atoms with van der Waals surface area (Å²) >= 11 is 7.41. The quantitative estimate of drug-likeness (QED) is 0.237. The lowest BCUT2D eigenvalue weighted by atomic mass is 10.0. The first-order valence-electron chi connectivity index (χ1n) is 12.4. The predicted molar refractivity (Wildman–Crippen MR) is 155 cm³/mol. The van der Waals surface area contributed by atoms with Crippen molar-refractivity contribution in [1.29, 1.82) is 0 Å². The molecule has 8 nitrogen and oxygen atoms in total. The standard InChI is InChI=1S/C28H28ClFN6O2S/c1-14-8-20(16(3)31-22-10-15(2)25(29)32-24(22)26(37)34-39-5)23-21(9-14)27(38)35(4)28(33-23)36-12-17-6-7-19(30)11-18(17)13-36/h6-11,16,31H,12-13H2,1-5H3,(H,34,37). The monoisotopic (exact) mass is 566 g/mol. The van der Waals surface area contributed by atoms with E-state index in [1.807, 2.05) is 37.8 Å². The van der Waals surface area contributed by atoms with Crippen LogP contribution in [0.15, 0.2) is 41.2 Å². The molecule has 5 rings (SSSR count). The Morgan fingerprint density at radius 3 is 2.62 bits per heavy atom. The molecule has 3 heterocycles. The maximum atomic E-state index is 13.8. The molecule has 4 aromatic rings. The number of carbonyl (C=O) groups is 1. The van der Waals surface area contributed by atoms with Crippen LogP contribution in [0.4, 0.5) is 16.0 Å². The van der Waals surface area contributed by atoms with Gasteiger partial charge < -0.3 is 10.2 Å². The molecule has 0 aliphatic carbocycles. The van der Waals surface area contributed by atoms with Gasteiger partial charge in [0, 0.05) is 32.0 Å². The van der Waals surface area contributed by atoms with Crippen LogP contribution in [0.1, 0.15) is 51.3 Å². The largest absolute Gasteiger partial charge is 0.377 e. The normalized spacial score (nSPS) is 13.5. The lowest BCUT2D eigenvalue weighted by Crippen LogP contribution is -2.28. The van der Waals surface area contributed by atoms with Crippen LogP contribution in [-0.2, 0) is 20.1 Å². The minimum absolute atomic E-state index is 0.168. The first kappa shape index (κ1) is 27.0. The van der Waals surface area contributed by atoms with E-state index in [0.717, 1.165) is 27.8 Å². The zero-order valence-corrected chi connectivity index (χ0v) is 23.8. The Morgan fingerprint density at radius 1 is 1.13 bits per heavy atom. The second kappa shape index (κ2) is 10.5. The molecule has 1 amide bonds. The van der Waals surface area contributed by atoms with E-state index in [4.69, 9.17) is 16.6 Å². The minimum atomic E-state index is -0.368. The van der Waals surface area contributed by atoms with Gasteiger partial charge in [0.2, 0.25) is 5.95 Å². The third-order valence-electron chi connectivity index (χ3n) is 6.90. The summed E-state index contributed by atoms with van der Waals surface area (Å²) in [7, 11) is 1.70. The Kier molecular flexibility index (Phi) is 7.26.